The van der Waals surface area contributed by atoms with Gasteiger partial charge in [0.2, 0.25) is 0 Å². The van der Waals surface area contributed by atoms with Crippen LogP contribution < -0.4 is 16.0 Å². The number of ether oxygens (including phenoxy) is 3. The summed E-state index contributed by atoms with van der Waals surface area (Å²) in [7, 11) is 0. The van der Waals surface area contributed by atoms with E-state index >= 15 is 0 Å². The molecule has 0 aliphatic rings. The summed E-state index contributed by atoms with van der Waals surface area (Å²) in [5, 5.41) is 8.58. The molecule has 9 nitrogen and oxygen atoms in total. The van der Waals surface area contributed by atoms with Crippen LogP contribution in [0, 0.1) is 5.41 Å². The first-order chi connectivity index (χ1) is 26.4. The summed E-state index contributed by atoms with van der Waals surface area (Å²) in [6.45, 7) is 10.3. The predicted molar refractivity (Wildman–Crippen MR) is 226 cm³/mol. The van der Waals surface area contributed by atoms with Crippen LogP contribution in [-0.2, 0) is 14.2 Å². The zero-order chi connectivity index (χ0) is 39.6. The Morgan fingerprint density at radius 1 is 0.333 bits per heavy atom. The van der Waals surface area contributed by atoms with E-state index in [4.69, 9.17) is 14.2 Å². The standard InChI is InChI=1S/C45H89N3O6/c1-5-9-12-15-18-21-24-27-30-33-36-46-42(49)52-39-45(8-4,40-53-43(50)47-37-34-31-28-25-22-19-16-13-10-6-2)41-54-44(51)48-38-35-32-29-26-23-20-17-14-11-7-3/h5-41H2,1-4H3,(H,46,49)(H,47,50)(H,48,51). The van der Waals surface area contributed by atoms with E-state index in [-0.39, 0.29) is 19.8 Å². The number of unbranched alkanes of at least 4 members (excludes halogenated alkanes) is 27. The highest BCUT2D eigenvalue weighted by molar-refractivity contribution is 5.68. The Labute approximate surface area is 333 Å². The van der Waals surface area contributed by atoms with E-state index in [1.165, 1.54) is 154 Å². The monoisotopic (exact) mass is 768 g/mol. The van der Waals surface area contributed by atoms with Crippen LogP contribution in [0.1, 0.15) is 227 Å². The highest BCUT2D eigenvalue weighted by atomic mass is 16.6. The maximum atomic E-state index is 12.6. The molecule has 3 N–H and O–H groups in total. The van der Waals surface area contributed by atoms with Gasteiger partial charge < -0.3 is 30.2 Å². The number of alkyl carbamates (subject to hydrolysis) is 3. The molecule has 0 aliphatic heterocycles. The summed E-state index contributed by atoms with van der Waals surface area (Å²) in [5.41, 5.74) is -0.850. The third-order valence-electron chi connectivity index (χ3n) is 10.7. The van der Waals surface area contributed by atoms with Gasteiger partial charge in [-0.2, -0.15) is 0 Å². The molecule has 0 heterocycles. The number of amides is 3. The lowest BCUT2D eigenvalue weighted by Crippen LogP contribution is -2.42. The summed E-state index contributed by atoms with van der Waals surface area (Å²) < 4.78 is 16.9. The second kappa shape index (κ2) is 40.5. The zero-order valence-corrected chi connectivity index (χ0v) is 36.1. The normalized spacial score (nSPS) is 11.3. The van der Waals surface area contributed by atoms with Gasteiger partial charge in [-0.15, -0.1) is 0 Å². The lowest BCUT2D eigenvalue weighted by molar-refractivity contribution is -0.0175. The Balaban J connectivity index is 4.60. The summed E-state index contributed by atoms with van der Waals surface area (Å²) in [6, 6.07) is 0. The van der Waals surface area contributed by atoms with Crippen molar-refractivity contribution in [3.05, 3.63) is 0 Å². The molecule has 0 aromatic carbocycles. The molecular formula is C45H89N3O6. The fraction of sp³-hybridized carbons (Fsp3) is 0.933. The van der Waals surface area contributed by atoms with Crippen LogP contribution in [0.25, 0.3) is 0 Å². The van der Waals surface area contributed by atoms with E-state index in [2.05, 4.69) is 36.7 Å². The van der Waals surface area contributed by atoms with Gasteiger partial charge in [0.15, 0.2) is 0 Å². The van der Waals surface area contributed by atoms with E-state index in [9.17, 15) is 14.4 Å². The fourth-order valence-electron chi connectivity index (χ4n) is 6.65. The number of carbonyl (C=O) groups excluding carboxylic acids is 3. The molecule has 0 aliphatic carbocycles. The molecule has 0 unspecified atom stereocenters. The van der Waals surface area contributed by atoms with Crippen LogP contribution >= 0.6 is 0 Å². The lowest BCUT2D eigenvalue weighted by atomic mass is 9.88. The number of hydrogen-bond donors (Lipinski definition) is 3. The maximum absolute atomic E-state index is 12.6. The van der Waals surface area contributed by atoms with Crippen LogP contribution in [0.15, 0.2) is 0 Å². The van der Waals surface area contributed by atoms with Crippen molar-refractivity contribution in [2.24, 2.45) is 5.41 Å². The van der Waals surface area contributed by atoms with Crippen LogP contribution in [0.3, 0.4) is 0 Å². The molecule has 320 valence electrons. The van der Waals surface area contributed by atoms with Gasteiger partial charge in [0, 0.05) is 19.6 Å². The molecule has 0 radical (unpaired) electrons. The van der Waals surface area contributed by atoms with E-state index in [1.54, 1.807) is 0 Å². The highest BCUT2D eigenvalue weighted by Crippen LogP contribution is 2.24. The van der Waals surface area contributed by atoms with Gasteiger partial charge in [-0.25, -0.2) is 14.4 Å². The van der Waals surface area contributed by atoms with Crippen LogP contribution in [0.4, 0.5) is 14.4 Å². The van der Waals surface area contributed by atoms with Crippen molar-refractivity contribution in [1.29, 1.82) is 0 Å². The molecule has 0 bridgehead atoms. The van der Waals surface area contributed by atoms with Crippen LogP contribution in [0.2, 0.25) is 0 Å². The third-order valence-corrected chi connectivity index (χ3v) is 10.7. The fourth-order valence-corrected chi connectivity index (χ4v) is 6.65. The molecule has 0 rings (SSSR count). The number of carbonyl (C=O) groups is 3. The van der Waals surface area contributed by atoms with E-state index in [0.717, 1.165) is 38.5 Å². The first-order valence-electron chi connectivity index (χ1n) is 23.1. The highest BCUT2D eigenvalue weighted by Gasteiger charge is 2.34. The quantitative estimate of drug-likeness (QED) is 0.0422. The molecule has 0 aromatic heterocycles. The van der Waals surface area contributed by atoms with Crippen LogP contribution in [0.5, 0.6) is 0 Å². The van der Waals surface area contributed by atoms with Gasteiger partial charge in [0.25, 0.3) is 0 Å². The van der Waals surface area contributed by atoms with Gasteiger partial charge in [0.05, 0.1) is 5.41 Å². The first kappa shape index (κ1) is 51.8. The minimum Gasteiger partial charge on any atom is -0.449 e. The second-order valence-corrected chi connectivity index (χ2v) is 15.9. The van der Waals surface area contributed by atoms with Crippen molar-refractivity contribution in [1.82, 2.24) is 16.0 Å². The summed E-state index contributed by atoms with van der Waals surface area (Å²) in [5.74, 6) is 0. The minimum absolute atomic E-state index is 0.0230. The Morgan fingerprint density at radius 2 is 0.537 bits per heavy atom. The Hall–Kier alpha value is -2.19. The Bertz CT molecular complexity index is 740. The largest absolute Gasteiger partial charge is 0.449 e. The number of nitrogens with one attached hydrogen (secondary N) is 3. The van der Waals surface area contributed by atoms with Gasteiger partial charge >= 0.3 is 18.3 Å². The zero-order valence-electron chi connectivity index (χ0n) is 36.1. The van der Waals surface area contributed by atoms with Crippen molar-refractivity contribution in [2.75, 3.05) is 39.5 Å². The molecule has 9 heteroatoms. The molecule has 0 atom stereocenters. The molecular weight excluding hydrogens is 679 g/mol. The summed E-state index contributed by atoms with van der Waals surface area (Å²) in [4.78, 5) is 37.9. The summed E-state index contributed by atoms with van der Waals surface area (Å²) >= 11 is 0. The maximum Gasteiger partial charge on any atom is 0.407 e. The average Bonchev–Trinajstić information content (AvgIpc) is 3.18. The number of rotatable bonds is 40. The van der Waals surface area contributed by atoms with E-state index in [0.29, 0.717) is 26.1 Å². The topological polar surface area (TPSA) is 115 Å². The molecule has 0 aromatic rings. The smallest absolute Gasteiger partial charge is 0.407 e. The first-order valence-corrected chi connectivity index (χ1v) is 23.1. The molecule has 0 fully saturated rings. The van der Waals surface area contributed by atoms with Gasteiger partial charge in [-0.3, -0.25) is 0 Å². The second-order valence-electron chi connectivity index (χ2n) is 15.9. The Kier molecular flexibility index (Phi) is 38.8. The minimum atomic E-state index is -0.850. The van der Waals surface area contributed by atoms with Crippen molar-refractivity contribution in [3.63, 3.8) is 0 Å². The summed E-state index contributed by atoms with van der Waals surface area (Å²) in [6.07, 6.45) is 36.0. The Morgan fingerprint density at radius 3 is 0.741 bits per heavy atom. The van der Waals surface area contributed by atoms with Crippen LogP contribution in [-0.4, -0.2) is 57.7 Å². The van der Waals surface area contributed by atoms with Crippen molar-refractivity contribution >= 4 is 18.3 Å². The molecule has 0 spiro atoms. The van der Waals surface area contributed by atoms with Gasteiger partial charge in [-0.05, 0) is 25.7 Å². The SMILES string of the molecule is CCCCCCCCCCCCNC(=O)OCC(CC)(COC(=O)NCCCCCCCCCCCC)COC(=O)NCCCCCCCCCCCC. The van der Waals surface area contributed by atoms with Crippen molar-refractivity contribution < 1.29 is 28.6 Å². The van der Waals surface area contributed by atoms with Gasteiger partial charge in [0.1, 0.15) is 19.8 Å². The van der Waals surface area contributed by atoms with E-state index in [1.807, 2.05) is 6.92 Å². The molecule has 3 amide bonds. The van der Waals surface area contributed by atoms with Gasteiger partial charge in [-0.1, -0.05) is 201 Å². The molecule has 0 saturated heterocycles. The number of hydrogen-bond acceptors (Lipinski definition) is 6. The molecule has 54 heavy (non-hydrogen) atoms. The predicted octanol–water partition coefficient (Wildman–Crippen LogP) is 13.3. The molecule has 0 saturated carbocycles. The van der Waals surface area contributed by atoms with Crippen molar-refractivity contribution in [2.45, 2.75) is 227 Å². The third kappa shape index (κ3) is 35.5. The van der Waals surface area contributed by atoms with E-state index < -0.39 is 23.7 Å². The van der Waals surface area contributed by atoms with Crippen molar-refractivity contribution in [3.8, 4) is 0 Å². The average molecular weight is 768 g/mol. The lowest BCUT2D eigenvalue weighted by Gasteiger charge is -2.31.